The maximum absolute atomic E-state index is 12.8. The minimum absolute atomic E-state index is 0.0284. The maximum Gasteiger partial charge on any atom is 0.269 e. The van der Waals surface area contributed by atoms with Crippen molar-refractivity contribution in [2.45, 2.75) is 37.6 Å². The molecule has 1 aliphatic rings. The molecular formula is C20H23N3O5S. The van der Waals surface area contributed by atoms with Gasteiger partial charge in [0.05, 0.1) is 9.82 Å². The van der Waals surface area contributed by atoms with E-state index in [0.29, 0.717) is 18.4 Å². The van der Waals surface area contributed by atoms with Crippen LogP contribution in [-0.4, -0.2) is 42.7 Å². The third kappa shape index (κ3) is 4.63. The minimum atomic E-state index is -3.72. The Morgan fingerprint density at radius 3 is 2.24 bits per heavy atom. The number of benzene rings is 2. The van der Waals surface area contributed by atoms with E-state index in [0.717, 1.165) is 11.1 Å². The van der Waals surface area contributed by atoms with Crippen LogP contribution in [0.3, 0.4) is 0 Å². The molecule has 1 aliphatic heterocycles. The van der Waals surface area contributed by atoms with Crippen molar-refractivity contribution in [3.8, 4) is 0 Å². The zero-order chi connectivity index (χ0) is 21.2. The molecule has 0 unspecified atom stereocenters. The number of aryl methyl sites for hydroxylation is 2. The Morgan fingerprint density at radius 1 is 1.07 bits per heavy atom. The molecule has 8 nitrogen and oxygen atoms in total. The van der Waals surface area contributed by atoms with Crippen LogP contribution in [0, 0.1) is 24.0 Å². The lowest BCUT2D eigenvalue weighted by Crippen LogP contribution is -2.46. The molecule has 1 fully saturated rings. The first kappa shape index (κ1) is 20.9. The first-order chi connectivity index (χ1) is 13.7. The van der Waals surface area contributed by atoms with Crippen LogP contribution in [0.5, 0.6) is 0 Å². The third-order valence-electron chi connectivity index (χ3n) is 5.24. The fourth-order valence-corrected chi connectivity index (χ4v) is 4.75. The topological polar surface area (TPSA) is 110 Å². The van der Waals surface area contributed by atoms with Gasteiger partial charge in [0.15, 0.2) is 0 Å². The summed E-state index contributed by atoms with van der Waals surface area (Å²) in [5.41, 5.74) is 2.60. The molecule has 0 atom stereocenters. The van der Waals surface area contributed by atoms with E-state index < -0.39 is 14.9 Å². The molecule has 1 amide bonds. The second kappa shape index (κ2) is 8.30. The van der Waals surface area contributed by atoms with Crippen LogP contribution < -0.4 is 5.32 Å². The van der Waals surface area contributed by atoms with Gasteiger partial charge >= 0.3 is 0 Å². The predicted octanol–water partition coefficient (Wildman–Crippen LogP) is 2.79. The van der Waals surface area contributed by atoms with E-state index in [9.17, 15) is 23.3 Å². The Morgan fingerprint density at radius 2 is 1.69 bits per heavy atom. The first-order valence-electron chi connectivity index (χ1n) is 9.31. The summed E-state index contributed by atoms with van der Waals surface area (Å²) in [6.45, 7) is 4.49. The van der Waals surface area contributed by atoms with Crippen LogP contribution in [0.2, 0.25) is 0 Å². The van der Waals surface area contributed by atoms with Gasteiger partial charge in [0.25, 0.3) is 11.6 Å². The summed E-state index contributed by atoms with van der Waals surface area (Å²) in [6.07, 6.45) is 1.01. The number of amides is 1. The second-order valence-corrected chi connectivity index (χ2v) is 9.14. The standard InChI is InChI=1S/C20H23N3O5S/c1-14-3-4-16(13-15(14)2)20(24)21-17-9-11-22(12-10-17)29(27,28)19-7-5-18(6-8-19)23(25)26/h3-8,13,17H,9-12H2,1-2H3,(H,21,24). The molecule has 0 aromatic heterocycles. The van der Waals surface area contributed by atoms with E-state index >= 15 is 0 Å². The number of sulfonamides is 1. The highest BCUT2D eigenvalue weighted by Crippen LogP contribution is 2.23. The fourth-order valence-electron chi connectivity index (χ4n) is 3.28. The van der Waals surface area contributed by atoms with Gasteiger partial charge in [-0.15, -0.1) is 0 Å². The highest BCUT2D eigenvalue weighted by Gasteiger charge is 2.30. The summed E-state index contributed by atoms with van der Waals surface area (Å²) >= 11 is 0. The number of nitro groups is 1. The molecule has 0 aliphatic carbocycles. The number of rotatable bonds is 5. The van der Waals surface area contributed by atoms with Crippen LogP contribution in [0.4, 0.5) is 5.69 Å². The van der Waals surface area contributed by atoms with Crippen molar-refractivity contribution < 1.29 is 18.1 Å². The summed E-state index contributed by atoms with van der Waals surface area (Å²) in [4.78, 5) is 22.7. The van der Waals surface area contributed by atoms with Gasteiger partial charge in [-0.25, -0.2) is 8.42 Å². The Hall–Kier alpha value is -2.78. The molecule has 0 saturated carbocycles. The van der Waals surface area contributed by atoms with Gasteiger partial charge in [-0.1, -0.05) is 6.07 Å². The Bertz CT molecular complexity index is 1030. The number of piperidine rings is 1. The molecule has 2 aromatic carbocycles. The summed E-state index contributed by atoms with van der Waals surface area (Å²) in [5, 5.41) is 13.7. The monoisotopic (exact) mass is 417 g/mol. The number of non-ortho nitro benzene ring substituents is 1. The molecule has 0 bridgehead atoms. The maximum atomic E-state index is 12.8. The highest BCUT2D eigenvalue weighted by molar-refractivity contribution is 7.89. The average Bonchev–Trinajstić information content (AvgIpc) is 2.70. The zero-order valence-corrected chi connectivity index (χ0v) is 17.1. The van der Waals surface area contributed by atoms with Crippen LogP contribution >= 0.6 is 0 Å². The zero-order valence-electron chi connectivity index (χ0n) is 16.3. The smallest absolute Gasteiger partial charge is 0.269 e. The Kier molecular flexibility index (Phi) is 5.99. The normalized spacial score (nSPS) is 15.8. The summed E-state index contributed by atoms with van der Waals surface area (Å²) < 4.78 is 26.9. The van der Waals surface area contributed by atoms with Gasteiger partial charge in [-0.05, 0) is 62.1 Å². The Balaban J connectivity index is 1.61. The SMILES string of the molecule is Cc1ccc(C(=O)NC2CCN(S(=O)(=O)c3ccc([N+](=O)[O-])cc3)CC2)cc1C. The van der Waals surface area contributed by atoms with Crippen LogP contribution in [0.25, 0.3) is 0 Å². The predicted molar refractivity (Wildman–Crippen MR) is 108 cm³/mol. The van der Waals surface area contributed by atoms with Crippen molar-refractivity contribution in [3.05, 3.63) is 69.3 Å². The highest BCUT2D eigenvalue weighted by atomic mass is 32.2. The molecule has 2 aromatic rings. The Labute approximate surface area is 169 Å². The molecular weight excluding hydrogens is 394 g/mol. The van der Waals surface area contributed by atoms with E-state index in [4.69, 9.17) is 0 Å². The largest absolute Gasteiger partial charge is 0.349 e. The average molecular weight is 417 g/mol. The molecule has 154 valence electrons. The molecule has 1 saturated heterocycles. The second-order valence-electron chi connectivity index (χ2n) is 7.20. The number of hydrogen-bond acceptors (Lipinski definition) is 5. The quantitative estimate of drug-likeness (QED) is 0.594. The number of carbonyl (C=O) groups is 1. The lowest BCUT2D eigenvalue weighted by atomic mass is 10.0. The third-order valence-corrected chi connectivity index (χ3v) is 7.16. The molecule has 29 heavy (non-hydrogen) atoms. The number of carbonyl (C=O) groups excluding carboxylic acids is 1. The van der Waals surface area contributed by atoms with E-state index in [-0.39, 0.29) is 35.6 Å². The lowest BCUT2D eigenvalue weighted by molar-refractivity contribution is -0.384. The van der Waals surface area contributed by atoms with Crippen molar-refractivity contribution in [2.24, 2.45) is 0 Å². The van der Waals surface area contributed by atoms with Gasteiger partial charge in [0.1, 0.15) is 0 Å². The molecule has 1 N–H and O–H groups in total. The van der Waals surface area contributed by atoms with Crippen molar-refractivity contribution in [2.75, 3.05) is 13.1 Å². The minimum Gasteiger partial charge on any atom is -0.349 e. The van der Waals surface area contributed by atoms with Gasteiger partial charge in [0.2, 0.25) is 10.0 Å². The van der Waals surface area contributed by atoms with Crippen molar-refractivity contribution >= 4 is 21.6 Å². The van der Waals surface area contributed by atoms with Gasteiger partial charge < -0.3 is 5.32 Å². The van der Waals surface area contributed by atoms with Crippen LogP contribution in [0.15, 0.2) is 47.4 Å². The molecule has 0 radical (unpaired) electrons. The van der Waals surface area contributed by atoms with Gasteiger partial charge in [-0.2, -0.15) is 4.31 Å². The van der Waals surface area contributed by atoms with Crippen LogP contribution in [-0.2, 0) is 10.0 Å². The number of hydrogen-bond donors (Lipinski definition) is 1. The lowest BCUT2D eigenvalue weighted by Gasteiger charge is -2.31. The molecule has 0 spiro atoms. The first-order valence-corrected chi connectivity index (χ1v) is 10.8. The van der Waals surface area contributed by atoms with E-state index in [2.05, 4.69) is 5.32 Å². The fraction of sp³-hybridized carbons (Fsp3) is 0.350. The van der Waals surface area contributed by atoms with Crippen LogP contribution in [0.1, 0.15) is 34.3 Å². The number of nitrogens with one attached hydrogen (secondary N) is 1. The summed E-state index contributed by atoms with van der Waals surface area (Å²) in [7, 11) is -3.72. The summed E-state index contributed by atoms with van der Waals surface area (Å²) in [5.74, 6) is -0.162. The molecule has 1 heterocycles. The van der Waals surface area contributed by atoms with Crippen molar-refractivity contribution in [1.82, 2.24) is 9.62 Å². The number of nitrogens with zero attached hydrogens (tertiary/aromatic N) is 2. The van der Waals surface area contributed by atoms with E-state index in [1.807, 2.05) is 26.0 Å². The number of nitro benzene ring substituents is 1. The molecule has 9 heteroatoms. The van der Waals surface area contributed by atoms with E-state index in [1.54, 1.807) is 6.07 Å². The molecule has 3 rings (SSSR count). The summed E-state index contributed by atoms with van der Waals surface area (Å²) in [6, 6.07) is 10.3. The van der Waals surface area contributed by atoms with E-state index in [1.165, 1.54) is 28.6 Å². The van der Waals surface area contributed by atoms with Gasteiger partial charge in [-0.3, -0.25) is 14.9 Å². The van der Waals surface area contributed by atoms with Crippen molar-refractivity contribution in [1.29, 1.82) is 0 Å². The van der Waals surface area contributed by atoms with Gasteiger partial charge in [0, 0.05) is 36.8 Å². The van der Waals surface area contributed by atoms with Crippen molar-refractivity contribution in [3.63, 3.8) is 0 Å².